The van der Waals surface area contributed by atoms with Gasteiger partial charge in [0.15, 0.2) is 0 Å². The lowest BCUT2D eigenvalue weighted by molar-refractivity contribution is -0.0265. The summed E-state index contributed by atoms with van der Waals surface area (Å²) < 4.78 is 5.65. The van der Waals surface area contributed by atoms with Gasteiger partial charge in [0.25, 0.3) is 0 Å². The summed E-state index contributed by atoms with van der Waals surface area (Å²) in [5.41, 5.74) is 6.25. The van der Waals surface area contributed by atoms with Gasteiger partial charge in [-0.05, 0) is 44.7 Å². The monoisotopic (exact) mass is 240 g/mol. The first-order valence-electron chi connectivity index (χ1n) is 7.28. The minimum Gasteiger partial charge on any atom is -0.381 e. The van der Waals surface area contributed by atoms with Gasteiger partial charge in [0.1, 0.15) is 0 Å². The molecule has 3 heteroatoms. The zero-order chi connectivity index (χ0) is 12.1. The minimum atomic E-state index is 0.247. The molecule has 2 aliphatic rings. The molecule has 0 amide bonds. The minimum absolute atomic E-state index is 0.247. The lowest BCUT2D eigenvalue weighted by Crippen LogP contribution is -2.49. The van der Waals surface area contributed by atoms with Crippen LogP contribution in [0, 0.1) is 11.3 Å². The van der Waals surface area contributed by atoms with Crippen molar-refractivity contribution in [3.05, 3.63) is 0 Å². The molecule has 2 fully saturated rings. The number of rotatable bonds is 4. The second-order valence-electron chi connectivity index (χ2n) is 5.99. The van der Waals surface area contributed by atoms with Crippen molar-refractivity contribution in [2.45, 2.75) is 39.0 Å². The van der Waals surface area contributed by atoms with Crippen molar-refractivity contribution in [2.24, 2.45) is 17.1 Å². The van der Waals surface area contributed by atoms with Crippen molar-refractivity contribution in [1.82, 2.24) is 4.90 Å². The number of ether oxygens (including phenoxy) is 1. The fourth-order valence-corrected chi connectivity index (χ4v) is 3.29. The molecular formula is C14H28N2O. The van der Waals surface area contributed by atoms with E-state index in [2.05, 4.69) is 11.8 Å². The number of hydrogen-bond acceptors (Lipinski definition) is 3. The Kier molecular flexibility index (Phi) is 4.83. The highest BCUT2D eigenvalue weighted by Gasteiger charge is 2.34. The van der Waals surface area contributed by atoms with Gasteiger partial charge in [0.2, 0.25) is 0 Å². The number of nitrogens with two attached hydrogens (primary N) is 1. The average molecular weight is 240 g/mol. The molecule has 0 bridgehead atoms. The Morgan fingerprint density at radius 2 is 2.12 bits per heavy atom. The van der Waals surface area contributed by atoms with Crippen LogP contribution in [-0.2, 0) is 4.74 Å². The summed E-state index contributed by atoms with van der Waals surface area (Å²) in [6.07, 6.45) is 6.52. The van der Waals surface area contributed by atoms with Crippen molar-refractivity contribution in [3.8, 4) is 0 Å². The predicted octanol–water partition coefficient (Wildman–Crippen LogP) is 1.86. The third-order valence-electron chi connectivity index (χ3n) is 4.68. The quantitative estimate of drug-likeness (QED) is 0.815. The van der Waals surface area contributed by atoms with Gasteiger partial charge in [0.05, 0.1) is 6.61 Å². The van der Waals surface area contributed by atoms with Crippen LogP contribution < -0.4 is 5.73 Å². The van der Waals surface area contributed by atoms with Gasteiger partial charge in [0, 0.05) is 25.1 Å². The maximum atomic E-state index is 6.00. The van der Waals surface area contributed by atoms with Gasteiger partial charge in [-0.1, -0.05) is 13.3 Å². The molecule has 17 heavy (non-hydrogen) atoms. The zero-order valence-electron chi connectivity index (χ0n) is 11.3. The molecule has 0 radical (unpaired) electrons. The Bertz CT molecular complexity index is 218. The largest absolute Gasteiger partial charge is 0.381 e. The van der Waals surface area contributed by atoms with E-state index in [1.165, 1.54) is 45.2 Å². The molecule has 0 aromatic heterocycles. The van der Waals surface area contributed by atoms with Crippen LogP contribution in [0.25, 0.3) is 0 Å². The molecule has 0 aromatic carbocycles. The van der Waals surface area contributed by atoms with Gasteiger partial charge < -0.3 is 15.4 Å². The summed E-state index contributed by atoms with van der Waals surface area (Å²) in [6, 6.07) is 0. The van der Waals surface area contributed by atoms with Gasteiger partial charge in [-0.2, -0.15) is 0 Å². The van der Waals surface area contributed by atoms with Crippen LogP contribution in [-0.4, -0.2) is 44.3 Å². The first-order valence-corrected chi connectivity index (χ1v) is 7.28. The van der Waals surface area contributed by atoms with Crippen LogP contribution in [0.3, 0.4) is 0 Å². The van der Waals surface area contributed by atoms with Crippen LogP contribution in [0.5, 0.6) is 0 Å². The smallest absolute Gasteiger partial charge is 0.0546 e. The van der Waals surface area contributed by atoms with Crippen LogP contribution in [0.2, 0.25) is 0 Å². The zero-order valence-corrected chi connectivity index (χ0v) is 11.3. The molecular weight excluding hydrogens is 212 g/mol. The van der Waals surface area contributed by atoms with E-state index < -0.39 is 0 Å². The Hall–Kier alpha value is -0.120. The number of likely N-dealkylation sites (tertiary alicyclic amines) is 1. The van der Waals surface area contributed by atoms with Crippen LogP contribution in [0.1, 0.15) is 39.0 Å². The molecule has 1 unspecified atom stereocenters. The fraction of sp³-hybridized carbons (Fsp3) is 1.00. The summed E-state index contributed by atoms with van der Waals surface area (Å²) in [5, 5.41) is 0. The lowest BCUT2D eigenvalue weighted by atomic mass is 9.81. The molecule has 0 aromatic rings. The first kappa shape index (κ1) is 13.3. The molecule has 2 saturated heterocycles. The van der Waals surface area contributed by atoms with Crippen molar-refractivity contribution in [1.29, 1.82) is 0 Å². The summed E-state index contributed by atoms with van der Waals surface area (Å²) in [5.74, 6) is 0.961. The maximum Gasteiger partial charge on any atom is 0.0546 e. The first-order chi connectivity index (χ1) is 8.28. The second kappa shape index (κ2) is 6.17. The van der Waals surface area contributed by atoms with E-state index in [1.807, 2.05) is 0 Å². The van der Waals surface area contributed by atoms with Crippen molar-refractivity contribution < 1.29 is 4.74 Å². The molecule has 3 nitrogen and oxygen atoms in total. The molecule has 0 aliphatic carbocycles. The van der Waals surface area contributed by atoms with Gasteiger partial charge in [-0.25, -0.2) is 0 Å². The molecule has 2 N–H and O–H groups in total. The van der Waals surface area contributed by atoms with Crippen molar-refractivity contribution in [2.75, 3.05) is 39.4 Å². The topological polar surface area (TPSA) is 38.5 Å². The van der Waals surface area contributed by atoms with Crippen LogP contribution in [0.4, 0.5) is 0 Å². The number of piperidine rings is 1. The van der Waals surface area contributed by atoms with Gasteiger partial charge in [-0.15, -0.1) is 0 Å². The van der Waals surface area contributed by atoms with E-state index in [4.69, 9.17) is 10.5 Å². The van der Waals surface area contributed by atoms with E-state index in [-0.39, 0.29) is 5.41 Å². The van der Waals surface area contributed by atoms with E-state index in [0.717, 1.165) is 32.2 Å². The fourth-order valence-electron chi connectivity index (χ4n) is 3.29. The van der Waals surface area contributed by atoms with E-state index in [1.54, 1.807) is 0 Å². The molecule has 1 atom stereocenters. The highest BCUT2D eigenvalue weighted by Crippen LogP contribution is 2.30. The molecule has 0 saturated carbocycles. The standard InChI is InChI=1S/C14H28N2O/c1-2-13-4-7-16(8-5-13)11-14(10-15)6-3-9-17-12-14/h13H,2-12,15H2,1H3. The Labute approximate surface area is 106 Å². The second-order valence-corrected chi connectivity index (χ2v) is 5.99. The summed E-state index contributed by atoms with van der Waals surface area (Å²) in [6.45, 7) is 8.58. The average Bonchev–Trinajstić information content (AvgIpc) is 2.41. The highest BCUT2D eigenvalue weighted by atomic mass is 16.5. The maximum absolute atomic E-state index is 6.00. The number of hydrogen-bond donors (Lipinski definition) is 1. The van der Waals surface area contributed by atoms with E-state index in [9.17, 15) is 0 Å². The predicted molar refractivity (Wildman–Crippen MR) is 71.0 cm³/mol. The summed E-state index contributed by atoms with van der Waals surface area (Å²) in [4.78, 5) is 2.62. The summed E-state index contributed by atoms with van der Waals surface area (Å²) >= 11 is 0. The Balaban J connectivity index is 1.82. The van der Waals surface area contributed by atoms with Gasteiger partial charge in [-0.3, -0.25) is 0 Å². The van der Waals surface area contributed by atoms with E-state index in [0.29, 0.717) is 0 Å². The van der Waals surface area contributed by atoms with Crippen LogP contribution >= 0.6 is 0 Å². The normalized spacial score (nSPS) is 32.8. The van der Waals surface area contributed by atoms with Gasteiger partial charge >= 0.3 is 0 Å². The lowest BCUT2D eigenvalue weighted by Gasteiger charge is -2.42. The molecule has 2 heterocycles. The summed E-state index contributed by atoms with van der Waals surface area (Å²) in [7, 11) is 0. The molecule has 0 spiro atoms. The van der Waals surface area contributed by atoms with E-state index >= 15 is 0 Å². The SMILES string of the molecule is CCC1CCN(CC2(CN)CCCOC2)CC1. The molecule has 2 aliphatic heterocycles. The third-order valence-corrected chi connectivity index (χ3v) is 4.68. The molecule has 100 valence electrons. The third kappa shape index (κ3) is 3.43. The van der Waals surface area contributed by atoms with Crippen molar-refractivity contribution in [3.63, 3.8) is 0 Å². The van der Waals surface area contributed by atoms with Crippen LogP contribution in [0.15, 0.2) is 0 Å². The van der Waals surface area contributed by atoms with Crippen molar-refractivity contribution >= 4 is 0 Å². The Morgan fingerprint density at radius 3 is 2.65 bits per heavy atom. The highest BCUT2D eigenvalue weighted by molar-refractivity contribution is 4.87. The number of nitrogens with zero attached hydrogens (tertiary/aromatic N) is 1. The molecule has 2 rings (SSSR count). The Morgan fingerprint density at radius 1 is 1.35 bits per heavy atom.